The molecule has 3 fully saturated rings. The molecule has 179 valence electrons. The number of sulfonamides is 1. The lowest BCUT2D eigenvalue weighted by Gasteiger charge is -2.29. The molecule has 3 aliphatic rings. The van der Waals surface area contributed by atoms with Crippen LogP contribution in [0.15, 0.2) is 30.3 Å². The van der Waals surface area contributed by atoms with E-state index in [0.717, 1.165) is 56.6 Å². The standard InChI is InChI=1S/C24H36NO6S/c1-18-20(16-25-32(26,27)17-19-9-3-2-4-10-19)22(31-24-12-6-8-14-29-24)15-21(18)30-23-11-5-7-13-28-23/h2-4,9-10,20-25H,5-8,11-17H2,1H3. The second-order valence-electron chi connectivity index (χ2n) is 9.07. The molecule has 2 aliphatic heterocycles. The van der Waals surface area contributed by atoms with Gasteiger partial charge in [-0.1, -0.05) is 37.3 Å². The molecule has 0 spiro atoms. The van der Waals surface area contributed by atoms with Gasteiger partial charge in [0.25, 0.3) is 0 Å². The third-order valence-electron chi connectivity index (χ3n) is 6.63. The lowest BCUT2D eigenvalue weighted by atomic mass is 9.95. The summed E-state index contributed by atoms with van der Waals surface area (Å²) in [6, 6.07) is 9.23. The van der Waals surface area contributed by atoms with E-state index in [1.807, 2.05) is 30.3 Å². The normalized spacial score (nSPS) is 32.2. The lowest BCUT2D eigenvalue weighted by Crippen LogP contribution is -2.38. The first kappa shape index (κ1) is 24.1. The van der Waals surface area contributed by atoms with Crippen molar-refractivity contribution in [2.45, 2.75) is 82.4 Å². The van der Waals surface area contributed by atoms with Crippen molar-refractivity contribution in [2.24, 2.45) is 5.92 Å². The number of rotatable bonds is 9. The Morgan fingerprint density at radius 1 is 0.969 bits per heavy atom. The first-order valence-corrected chi connectivity index (χ1v) is 13.5. The van der Waals surface area contributed by atoms with Crippen LogP contribution in [0.2, 0.25) is 0 Å². The molecule has 0 amide bonds. The Morgan fingerprint density at radius 3 is 2.25 bits per heavy atom. The van der Waals surface area contributed by atoms with Crippen molar-refractivity contribution in [1.29, 1.82) is 0 Å². The minimum atomic E-state index is -3.46. The van der Waals surface area contributed by atoms with Gasteiger partial charge in [0.05, 0.1) is 18.0 Å². The fourth-order valence-corrected chi connectivity index (χ4v) is 5.94. The van der Waals surface area contributed by atoms with E-state index in [1.165, 1.54) is 0 Å². The molecule has 1 N–H and O–H groups in total. The molecule has 5 atom stereocenters. The molecule has 0 aromatic heterocycles. The zero-order valence-electron chi connectivity index (χ0n) is 18.9. The van der Waals surface area contributed by atoms with Crippen LogP contribution in [0.25, 0.3) is 0 Å². The van der Waals surface area contributed by atoms with Gasteiger partial charge < -0.3 is 18.9 Å². The van der Waals surface area contributed by atoms with Gasteiger partial charge in [0.2, 0.25) is 10.0 Å². The van der Waals surface area contributed by atoms with Crippen molar-refractivity contribution < 1.29 is 27.4 Å². The molecule has 4 rings (SSSR count). The predicted octanol–water partition coefficient (Wildman–Crippen LogP) is 3.54. The molecule has 1 aliphatic carbocycles. The van der Waals surface area contributed by atoms with Crippen LogP contribution in [0.4, 0.5) is 0 Å². The Kier molecular flexibility index (Phi) is 8.59. The van der Waals surface area contributed by atoms with Crippen molar-refractivity contribution in [3.8, 4) is 0 Å². The Balaban J connectivity index is 1.39. The van der Waals surface area contributed by atoms with Crippen LogP contribution in [0.5, 0.6) is 0 Å². The predicted molar refractivity (Wildman–Crippen MR) is 121 cm³/mol. The number of benzene rings is 1. The quantitative estimate of drug-likeness (QED) is 0.599. The van der Waals surface area contributed by atoms with E-state index in [1.54, 1.807) is 0 Å². The second-order valence-corrected chi connectivity index (χ2v) is 10.9. The van der Waals surface area contributed by atoms with E-state index >= 15 is 0 Å². The van der Waals surface area contributed by atoms with Gasteiger partial charge >= 0.3 is 0 Å². The van der Waals surface area contributed by atoms with E-state index in [0.29, 0.717) is 19.6 Å². The summed E-state index contributed by atoms with van der Waals surface area (Å²) in [5.41, 5.74) is 0.770. The zero-order valence-corrected chi connectivity index (χ0v) is 19.7. The highest BCUT2D eigenvalue weighted by molar-refractivity contribution is 7.88. The number of nitrogens with one attached hydrogen (secondary N) is 1. The van der Waals surface area contributed by atoms with Gasteiger partial charge in [-0.15, -0.1) is 0 Å². The third kappa shape index (κ3) is 6.74. The number of hydrogen-bond acceptors (Lipinski definition) is 6. The summed E-state index contributed by atoms with van der Waals surface area (Å²) in [6.07, 6.45) is 6.12. The summed E-state index contributed by atoms with van der Waals surface area (Å²) in [4.78, 5) is 0. The first-order chi connectivity index (χ1) is 15.5. The highest BCUT2D eigenvalue weighted by Crippen LogP contribution is 2.40. The van der Waals surface area contributed by atoms with Gasteiger partial charge in [0.1, 0.15) is 0 Å². The monoisotopic (exact) mass is 466 g/mol. The topological polar surface area (TPSA) is 83.1 Å². The van der Waals surface area contributed by atoms with Crippen molar-refractivity contribution in [1.82, 2.24) is 4.72 Å². The van der Waals surface area contributed by atoms with Crippen molar-refractivity contribution in [3.05, 3.63) is 41.8 Å². The van der Waals surface area contributed by atoms with Crippen LogP contribution in [0, 0.1) is 11.8 Å². The number of ether oxygens (including phenoxy) is 4. The molecule has 1 saturated carbocycles. The molecule has 7 nitrogen and oxygen atoms in total. The molecular formula is C24H36NO6S. The average molecular weight is 467 g/mol. The van der Waals surface area contributed by atoms with Crippen molar-refractivity contribution in [3.63, 3.8) is 0 Å². The van der Waals surface area contributed by atoms with Gasteiger partial charge in [-0.25, -0.2) is 13.1 Å². The molecule has 1 aromatic rings. The maximum atomic E-state index is 12.7. The van der Waals surface area contributed by atoms with Crippen molar-refractivity contribution in [2.75, 3.05) is 19.8 Å². The van der Waals surface area contributed by atoms with Crippen LogP contribution in [-0.2, 0) is 34.7 Å². The largest absolute Gasteiger partial charge is 0.353 e. The third-order valence-corrected chi connectivity index (χ3v) is 7.95. The SMILES string of the molecule is C[C]1C(OC2CCCCO2)CC(OC2CCCCO2)C1CNS(=O)(=O)Cc1ccccc1. The summed E-state index contributed by atoms with van der Waals surface area (Å²) < 4.78 is 52.5. The molecule has 0 bridgehead atoms. The summed E-state index contributed by atoms with van der Waals surface area (Å²) in [5, 5.41) is 0. The van der Waals surface area contributed by atoms with Gasteiger partial charge in [0, 0.05) is 38.0 Å². The molecule has 1 aromatic carbocycles. The van der Waals surface area contributed by atoms with E-state index in [2.05, 4.69) is 11.6 Å². The van der Waals surface area contributed by atoms with Crippen LogP contribution >= 0.6 is 0 Å². The summed E-state index contributed by atoms with van der Waals surface area (Å²) in [6.45, 7) is 3.79. The molecule has 5 unspecified atom stereocenters. The van der Waals surface area contributed by atoms with E-state index in [4.69, 9.17) is 18.9 Å². The maximum absolute atomic E-state index is 12.7. The smallest absolute Gasteiger partial charge is 0.215 e. The van der Waals surface area contributed by atoms with Crippen molar-refractivity contribution >= 4 is 10.0 Å². The second kappa shape index (κ2) is 11.4. The van der Waals surface area contributed by atoms with Crippen LogP contribution in [0.3, 0.4) is 0 Å². The fourth-order valence-electron chi connectivity index (χ4n) is 4.78. The molecule has 8 heteroatoms. The van der Waals surface area contributed by atoms with E-state index < -0.39 is 10.0 Å². The van der Waals surface area contributed by atoms with Gasteiger partial charge in [0.15, 0.2) is 12.6 Å². The maximum Gasteiger partial charge on any atom is 0.215 e. The minimum absolute atomic E-state index is 0.0350. The highest BCUT2D eigenvalue weighted by Gasteiger charge is 2.45. The average Bonchev–Trinajstić information content (AvgIpc) is 3.08. The molecule has 2 saturated heterocycles. The van der Waals surface area contributed by atoms with Gasteiger partial charge in [-0.05, 0) is 44.1 Å². The van der Waals surface area contributed by atoms with Gasteiger partial charge in [-0.3, -0.25) is 0 Å². The molecule has 32 heavy (non-hydrogen) atoms. The van der Waals surface area contributed by atoms with Crippen LogP contribution < -0.4 is 4.72 Å². The van der Waals surface area contributed by atoms with Crippen LogP contribution in [-0.4, -0.2) is 53.0 Å². The lowest BCUT2D eigenvalue weighted by molar-refractivity contribution is -0.202. The number of hydrogen-bond donors (Lipinski definition) is 1. The van der Waals surface area contributed by atoms with Crippen LogP contribution in [0.1, 0.15) is 57.4 Å². The molecule has 2 heterocycles. The van der Waals surface area contributed by atoms with Gasteiger partial charge in [-0.2, -0.15) is 0 Å². The fraction of sp³-hybridized carbons (Fsp3) is 0.708. The Hall–Kier alpha value is -1.03. The Bertz CT molecular complexity index is 792. The summed E-state index contributed by atoms with van der Waals surface area (Å²) >= 11 is 0. The molecular weight excluding hydrogens is 430 g/mol. The van der Waals surface area contributed by atoms with E-state index in [9.17, 15) is 8.42 Å². The highest BCUT2D eigenvalue weighted by atomic mass is 32.2. The van der Waals surface area contributed by atoms with E-state index in [-0.39, 0.29) is 36.5 Å². The Morgan fingerprint density at radius 2 is 1.62 bits per heavy atom. The Labute approximate surface area is 192 Å². The summed E-state index contributed by atoms with van der Waals surface area (Å²) in [5.74, 6) is 1.01. The first-order valence-electron chi connectivity index (χ1n) is 11.9. The summed E-state index contributed by atoms with van der Waals surface area (Å²) in [7, 11) is -3.46. The zero-order chi connectivity index (χ0) is 22.4. The minimum Gasteiger partial charge on any atom is -0.353 e. The molecule has 1 radical (unpaired) electrons.